The van der Waals surface area contributed by atoms with E-state index in [2.05, 4.69) is 5.32 Å². The number of ether oxygens (including phenoxy) is 2. The average molecular weight is 323 g/mol. The molecule has 0 bridgehead atoms. The van der Waals surface area contributed by atoms with E-state index >= 15 is 0 Å². The highest BCUT2D eigenvalue weighted by Crippen LogP contribution is 2.26. The Morgan fingerprint density at radius 3 is 2.78 bits per heavy atom. The van der Waals surface area contributed by atoms with Gasteiger partial charge < -0.3 is 14.8 Å². The third-order valence-corrected chi connectivity index (χ3v) is 3.41. The van der Waals surface area contributed by atoms with Crippen LogP contribution in [0.15, 0.2) is 24.3 Å². The number of hydrogen-bond acceptors (Lipinski definition) is 4. The molecular weight excluding hydrogens is 301 g/mol. The van der Waals surface area contributed by atoms with Crippen LogP contribution >= 0.6 is 0 Å². The summed E-state index contributed by atoms with van der Waals surface area (Å²) in [5, 5.41) is 2.74. The Balaban J connectivity index is 2.10. The van der Waals surface area contributed by atoms with Crippen LogP contribution in [0, 0.1) is 5.82 Å². The summed E-state index contributed by atoms with van der Waals surface area (Å²) in [5.74, 6) is -0.632. The van der Waals surface area contributed by atoms with Gasteiger partial charge in [-0.2, -0.15) is 0 Å². The van der Waals surface area contributed by atoms with Gasteiger partial charge in [-0.3, -0.25) is 4.79 Å². The van der Waals surface area contributed by atoms with Gasteiger partial charge in [0.1, 0.15) is 17.5 Å². The van der Waals surface area contributed by atoms with E-state index in [0.717, 1.165) is 0 Å². The van der Waals surface area contributed by atoms with Crippen molar-refractivity contribution in [1.29, 1.82) is 0 Å². The summed E-state index contributed by atoms with van der Waals surface area (Å²) >= 11 is 0. The van der Waals surface area contributed by atoms with Crippen molar-refractivity contribution in [2.75, 3.05) is 0 Å². The molecule has 1 amide bonds. The summed E-state index contributed by atoms with van der Waals surface area (Å²) in [4.78, 5) is 23.3. The minimum atomic E-state index is -0.629. The fourth-order valence-electron chi connectivity index (χ4n) is 2.46. The fraction of sp³-hybridized carbons (Fsp3) is 0.529. The average Bonchev–Trinajstić information content (AvgIpc) is 2.81. The van der Waals surface area contributed by atoms with E-state index in [9.17, 15) is 14.0 Å². The lowest BCUT2D eigenvalue weighted by Gasteiger charge is -2.25. The molecule has 1 heterocycles. The van der Waals surface area contributed by atoms with Gasteiger partial charge >= 0.3 is 12.1 Å². The van der Waals surface area contributed by atoms with Crippen LogP contribution < -0.4 is 5.32 Å². The van der Waals surface area contributed by atoms with Crippen LogP contribution in [0.5, 0.6) is 0 Å². The molecule has 1 unspecified atom stereocenters. The SMILES string of the molecule is CC(C)(C)OC(=O)NC(C[C@@H]1CCC(=O)O1)c1cccc(F)c1. The Bertz CT molecular complexity index is 582. The van der Waals surface area contributed by atoms with Crippen molar-refractivity contribution >= 4 is 12.1 Å². The van der Waals surface area contributed by atoms with Crippen LogP contribution in [0.3, 0.4) is 0 Å². The molecule has 126 valence electrons. The van der Waals surface area contributed by atoms with E-state index in [-0.39, 0.29) is 17.9 Å². The van der Waals surface area contributed by atoms with Crippen molar-refractivity contribution in [1.82, 2.24) is 5.32 Å². The van der Waals surface area contributed by atoms with Gasteiger partial charge in [-0.15, -0.1) is 0 Å². The van der Waals surface area contributed by atoms with E-state index < -0.39 is 17.7 Å². The summed E-state index contributed by atoms with van der Waals surface area (Å²) in [5.41, 5.74) is -0.0186. The highest BCUT2D eigenvalue weighted by molar-refractivity contribution is 5.71. The minimum absolute atomic E-state index is 0.245. The van der Waals surface area contributed by atoms with Gasteiger partial charge in [0.2, 0.25) is 0 Å². The zero-order valence-electron chi connectivity index (χ0n) is 13.6. The molecule has 0 saturated carbocycles. The number of nitrogens with one attached hydrogen (secondary N) is 1. The predicted molar refractivity (Wildman–Crippen MR) is 82.2 cm³/mol. The van der Waals surface area contributed by atoms with Crippen LogP contribution in [-0.2, 0) is 14.3 Å². The molecule has 1 aromatic carbocycles. The molecule has 1 N–H and O–H groups in total. The molecule has 1 fully saturated rings. The first-order valence-corrected chi connectivity index (χ1v) is 7.67. The number of carbonyl (C=O) groups excluding carboxylic acids is 2. The zero-order valence-corrected chi connectivity index (χ0v) is 13.6. The summed E-state index contributed by atoms with van der Waals surface area (Å²) in [6.07, 6.45) is 0.476. The van der Waals surface area contributed by atoms with Gasteiger partial charge in [0.15, 0.2) is 0 Å². The van der Waals surface area contributed by atoms with Crippen molar-refractivity contribution in [2.24, 2.45) is 0 Å². The van der Waals surface area contributed by atoms with Gasteiger partial charge in [0.05, 0.1) is 6.04 Å². The van der Waals surface area contributed by atoms with Gasteiger partial charge in [-0.05, 0) is 44.9 Å². The van der Waals surface area contributed by atoms with Gasteiger partial charge in [-0.1, -0.05) is 12.1 Å². The van der Waals surface area contributed by atoms with Crippen LogP contribution in [0.1, 0.15) is 51.6 Å². The Hall–Kier alpha value is -2.11. The first-order valence-electron chi connectivity index (χ1n) is 7.67. The van der Waals surface area contributed by atoms with E-state index in [0.29, 0.717) is 24.8 Å². The highest BCUT2D eigenvalue weighted by Gasteiger charge is 2.29. The van der Waals surface area contributed by atoms with Gasteiger partial charge in [0.25, 0.3) is 0 Å². The Labute approximate surface area is 135 Å². The lowest BCUT2D eigenvalue weighted by Crippen LogP contribution is -2.36. The maximum Gasteiger partial charge on any atom is 0.408 e. The number of cyclic esters (lactones) is 1. The summed E-state index contributed by atoms with van der Waals surface area (Å²) in [6, 6.07) is 5.51. The van der Waals surface area contributed by atoms with Crippen molar-refractivity contribution in [2.45, 2.75) is 57.8 Å². The topological polar surface area (TPSA) is 64.6 Å². The lowest BCUT2D eigenvalue weighted by molar-refractivity contribution is -0.141. The second-order valence-corrected chi connectivity index (χ2v) is 6.64. The third-order valence-electron chi connectivity index (χ3n) is 3.41. The molecule has 6 heteroatoms. The number of benzene rings is 1. The number of alkyl carbamates (subject to hydrolysis) is 1. The Kier molecular flexibility index (Phi) is 5.23. The predicted octanol–water partition coefficient (Wildman–Crippen LogP) is 3.49. The van der Waals surface area contributed by atoms with E-state index in [1.165, 1.54) is 12.1 Å². The van der Waals surface area contributed by atoms with Crippen LogP contribution in [0.25, 0.3) is 0 Å². The lowest BCUT2D eigenvalue weighted by atomic mass is 9.99. The molecule has 0 radical (unpaired) electrons. The number of hydrogen-bond donors (Lipinski definition) is 1. The number of carbonyl (C=O) groups is 2. The van der Waals surface area contributed by atoms with E-state index in [1.807, 2.05) is 0 Å². The molecule has 5 nitrogen and oxygen atoms in total. The molecule has 0 spiro atoms. The fourth-order valence-corrected chi connectivity index (χ4v) is 2.46. The van der Waals surface area contributed by atoms with E-state index in [1.54, 1.807) is 32.9 Å². The van der Waals surface area contributed by atoms with Gasteiger partial charge in [-0.25, -0.2) is 9.18 Å². The zero-order chi connectivity index (χ0) is 17.0. The second kappa shape index (κ2) is 6.98. The monoisotopic (exact) mass is 323 g/mol. The first-order chi connectivity index (χ1) is 10.7. The normalized spacial score (nSPS) is 19.1. The molecule has 0 aromatic heterocycles. The van der Waals surface area contributed by atoms with Crippen LogP contribution in [-0.4, -0.2) is 23.8 Å². The molecular formula is C17H22FNO4. The molecule has 1 aromatic rings. The summed E-state index contributed by atoms with van der Waals surface area (Å²) in [6.45, 7) is 5.30. The molecule has 1 saturated heterocycles. The Morgan fingerprint density at radius 1 is 1.48 bits per heavy atom. The number of rotatable bonds is 4. The van der Waals surface area contributed by atoms with Crippen molar-refractivity contribution < 1.29 is 23.5 Å². The number of halogens is 1. The standard InChI is InChI=1S/C17H22FNO4/c1-17(2,3)23-16(21)19-14(10-13-7-8-15(20)22-13)11-5-4-6-12(18)9-11/h4-6,9,13-14H,7-8,10H2,1-3H3,(H,19,21)/t13-,14?/m0/s1. The third kappa shape index (κ3) is 5.54. The van der Waals surface area contributed by atoms with Crippen molar-refractivity contribution in [3.63, 3.8) is 0 Å². The van der Waals surface area contributed by atoms with Crippen molar-refractivity contribution in [3.05, 3.63) is 35.6 Å². The largest absolute Gasteiger partial charge is 0.462 e. The van der Waals surface area contributed by atoms with Crippen LogP contribution in [0.4, 0.5) is 9.18 Å². The first kappa shape index (κ1) is 17.2. The minimum Gasteiger partial charge on any atom is -0.462 e. The van der Waals surface area contributed by atoms with E-state index in [4.69, 9.17) is 9.47 Å². The smallest absolute Gasteiger partial charge is 0.408 e. The molecule has 2 rings (SSSR count). The summed E-state index contributed by atoms with van der Waals surface area (Å²) in [7, 11) is 0. The maximum atomic E-state index is 13.5. The van der Waals surface area contributed by atoms with Crippen LogP contribution in [0.2, 0.25) is 0 Å². The second-order valence-electron chi connectivity index (χ2n) is 6.64. The highest BCUT2D eigenvalue weighted by atomic mass is 19.1. The molecule has 1 aliphatic rings. The van der Waals surface area contributed by atoms with Gasteiger partial charge in [0, 0.05) is 12.8 Å². The number of amides is 1. The molecule has 1 aliphatic heterocycles. The molecule has 0 aliphatic carbocycles. The Morgan fingerprint density at radius 2 is 2.22 bits per heavy atom. The van der Waals surface area contributed by atoms with Crippen molar-refractivity contribution in [3.8, 4) is 0 Å². The summed E-state index contributed by atoms with van der Waals surface area (Å²) < 4.78 is 23.9. The quantitative estimate of drug-likeness (QED) is 0.862. The molecule has 23 heavy (non-hydrogen) atoms. The molecule has 2 atom stereocenters. The maximum absolute atomic E-state index is 13.5. The number of esters is 1.